The highest BCUT2D eigenvalue weighted by Gasteiger charge is 2.04. The fourth-order valence-corrected chi connectivity index (χ4v) is 1.17. The van der Waals surface area contributed by atoms with E-state index in [9.17, 15) is 5.11 Å². The van der Waals surface area contributed by atoms with Gasteiger partial charge in [-0.3, -0.25) is 0 Å². The summed E-state index contributed by atoms with van der Waals surface area (Å²) in [6.07, 6.45) is 0.0267. The average molecular weight is 266 g/mol. The minimum Gasteiger partial charge on any atom is -0.394 e. The predicted molar refractivity (Wildman–Crippen MR) is 66.7 cm³/mol. The molecule has 0 aromatic rings. The lowest BCUT2D eigenvalue weighted by Gasteiger charge is -2.11. The summed E-state index contributed by atoms with van der Waals surface area (Å²) >= 11 is 0. The molecule has 0 bridgehead atoms. The van der Waals surface area contributed by atoms with E-state index in [-0.39, 0.29) is 13.2 Å². The van der Waals surface area contributed by atoms with Crippen molar-refractivity contribution in [1.29, 1.82) is 0 Å². The molecule has 1 unspecified atom stereocenters. The first-order chi connectivity index (χ1) is 8.81. The van der Waals surface area contributed by atoms with E-state index in [1.54, 1.807) is 0 Å². The third kappa shape index (κ3) is 13.8. The van der Waals surface area contributed by atoms with Gasteiger partial charge < -0.3 is 29.2 Å². The van der Waals surface area contributed by atoms with Gasteiger partial charge in [0.25, 0.3) is 0 Å². The summed E-state index contributed by atoms with van der Waals surface area (Å²) in [7, 11) is 0. The number of aliphatic hydroxyl groups is 2. The van der Waals surface area contributed by atoms with E-state index < -0.39 is 6.10 Å². The van der Waals surface area contributed by atoms with Crippen LogP contribution in [-0.4, -0.2) is 75.8 Å². The number of rotatable bonds is 14. The maximum Gasteiger partial charge on any atom is 0.0795 e. The van der Waals surface area contributed by atoms with Crippen LogP contribution in [0.4, 0.5) is 0 Å². The number of aliphatic hydroxyl groups excluding tert-OH is 2. The molecule has 0 heterocycles. The zero-order chi connectivity index (χ0) is 13.5. The second-order valence-corrected chi connectivity index (χ2v) is 3.66. The Bertz CT molecular complexity index is 140. The molecule has 0 aliphatic rings. The quantitative estimate of drug-likeness (QED) is 0.425. The standard InChI is InChI=1S/C12H26O6/c1-2-15-7-8-16-5-3-12(14)11-18-10-9-17-6-4-13/h12-14H,2-11H2,1H3. The van der Waals surface area contributed by atoms with Gasteiger partial charge in [0.05, 0.1) is 52.4 Å². The largest absolute Gasteiger partial charge is 0.394 e. The van der Waals surface area contributed by atoms with E-state index in [1.165, 1.54) is 0 Å². The summed E-state index contributed by atoms with van der Waals surface area (Å²) in [5, 5.41) is 18.0. The minimum atomic E-state index is -0.519. The molecular formula is C12H26O6. The average Bonchev–Trinajstić information content (AvgIpc) is 2.38. The lowest BCUT2D eigenvalue weighted by atomic mass is 10.3. The zero-order valence-electron chi connectivity index (χ0n) is 11.2. The molecule has 0 saturated carbocycles. The second kappa shape index (κ2) is 14.8. The molecule has 110 valence electrons. The van der Waals surface area contributed by atoms with Gasteiger partial charge in [-0.25, -0.2) is 0 Å². The van der Waals surface area contributed by atoms with Crippen LogP contribution in [0.25, 0.3) is 0 Å². The van der Waals surface area contributed by atoms with Crippen molar-refractivity contribution in [2.45, 2.75) is 19.4 Å². The molecule has 0 fully saturated rings. The van der Waals surface area contributed by atoms with Crippen molar-refractivity contribution >= 4 is 0 Å². The zero-order valence-corrected chi connectivity index (χ0v) is 11.2. The Morgan fingerprint density at radius 2 is 1.44 bits per heavy atom. The lowest BCUT2D eigenvalue weighted by molar-refractivity contribution is -0.0165. The van der Waals surface area contributed by atoms with Crippen molar-refractivity contribution in [2.24, 2.45) is 0 Å². The Kier molecular flexibility index (Phi) is 14.6. The molecule has 0 aromatic heterocycles. The van der Waals surface area contributed by atoms with Gasteiger partial charge in [-0.05, 0) is 13.3 Å². The Morgan fingerprint density at radius 3 is 2.11 bits per heavy atom. The van der Waals surface area contributed by atoms with Crippen LogP contribution in [0.15, 0.2) is 0 Å². The Balaban J connectivity index is 3.10. The topological polar surface area (TPSA) is 77.4 Å². The van der Waals surface area contributed by atoms with Crippen LogP contribution in [0, 0.1) is 0 Å². The molecule has 6 heteroatoms. The molecule has 1 atom stereocenters. The second-order valence-electron chi connectivity index (χ2n) is 3.66. The van der Waals surface area contributed by atoms with Gasteiger partial charge in [0.2, 0.25) is 0 Å². The maximum absolute atomic E-state index is 9.54. The van der Waals surface area contributed by atoms with Crippen molar-refractivity contribution in [2.75, 3.05) is 59.5 Å². The molecule has 0 aliphatic heterocycles. The molecule has 0 radical (unpaired) electrons. The summed E-state index contributed by atoms with van der Waals surface area (Å²) in [5.74, 6) is 0. The van der Waals surface area contributed by atoms with Gasteiger partial charge in [-0.1, -0.05) is 0 Å². The highest BCUT2D eigenvalue weighted by molar-refractivity contribution is 4.52. The van der Waals surface area contributed by atoms with Crippen LogP contribution in [0.3, 0.4) is 0 Å². The summed E-state index contributed by atoms with van der Waals surface area (Å²) in [4.78, 5) is 0. The van der Waals surface area contributed by atoms with E-state index >= 15 is 0 Å². The minimum absolute atomic E-state index is 0.0156. The number of ether oxygens (including phenoxy) is 4. The maximum atomic E-state index is 9.54. The Hall–Kier alpha value is -0.240. The van der Waals surface area contributed by atoms with Crippen molar-refractivity contribution in [3.8, 4) is 0 Å². The lowest BCUT2D eigenvalue weighted by Crippen LogP contribution is -2.20. The fourth-order valence-electron chi connectivity index (χ4n) is 1.17. The molecule has 0 aromatic carbocycles. The van der Waals surface area contributed by atoms with E-state index in [4.69, 9.17) is 24.1 Å². The van der Waals surface area contributed by atoms with Gasteiger partial charge in [0, 0.05) is 13.2 Å². The SMILES string of the molecule is CCOCCOCCC(O)COCCOCCO. The van der Waals surface area contributed by atoms with Crippen molar-refractivity contribution < 1.29 is 29.2 Å². The first-order valence-electron chi connectivity index (χ1n) is 6.41. The number of hydrogen-bond donors (Lipinski definition) is 2. The fraction of sp³-hybridized carbons (Fsp3) is 1.00. The van der Waals surface area contributed by atoms with Gasteiger partial charge in [-0.2, -0.15) is 0 Å². The van der Waals surface area contributed by atoms with E-state index in [0.717, 1.165) is 0 Å². The van der Waals surface area contributed by atoms with Crippen LogP contribution in [0.5, 0.6) is 0 Å². The van der Waals surface area contributed by atoms with Gasteiger partial charge in [0.15, 0.2) is 0 Å². The normalized spacial score (nSPS) is 12.8. The third-order valence-corrected chi connectivity index (χ3v) is 2.09. The molecular weight excluding hydrogens is 240 g/mol. The van der Waals surface area contributed by atoms with Crippen LogP contribution < -0.4 is 0 Å². The molecule has 0 rings (SSSR count). The van der Waals surface area contributed by atoms with Crippen LogP contribution in [0.2, 0.25) is 0 Å². The van der Waals surface area contributed by atoms with Crippen LogP contribution in [-0.2, 0) is 18.9 Å². The van der Waals surface area contributed by atoms with Crippen molar-refractivity contribution in [3.63, 3.8) is 0 Å². The Morgan fingerprint density at radius 1 is 0.833 bits per heavy atom. The van der Waals surface area contributed by atoms with Crippen molar-refractivity contribution in [1.82, 2.24) is 0 Å². The van der Waals surface area contributed by atoms with Crippen LogP contribution in [0.1, 0.15) is 13.3 Å². The third-order valence-electron chi connectivity index (χ3n) is 2.09. The summed E-state index contributed by atoms with van der Waals surface area (Å²) in [6.45, 7) is 5.73. The summed E-state index contributed by atoms with van der Waals surface area (Å²) < 4.78 is 20.6. The van der Waals surface area contributed by atoms with Gasteiger partial charge >= 0.3 is 0 Å². The highest BCUT2D eigenvalue weighted by atomic mass is 16.5. The predicted octanol–water partition coefficient (Wildman–Crippen LogP) is -0.184. The van der Waals surface area contributed by atoms with Crippen LogP contribution >= 0.6 is 0 Å². The Labute approximate surface area is 109 Å². The highest BCUT2D eigenvalue weighted by Crippen LogP contribution is 1.94. The van der Waals surface area contributed by atoms with Gasteiger partial charge in [-0.15, -0.1) is 0 Å². The monoisotopic (exact) mass is 266 g/mol. The first-order valence-corrected chi connectivity index (χ1v) is 6.41. The molecule has 0 aliphatic carbocycles. The number of hydrogen-bond acceptors (Lipinski definition) is 6. The molecule has 18 heavy (non-hydrogen) atoms. The van der Waals surface area contributed by atoms with E-state index in [0.29, 0.717) is 52.7 Å². The summed E-state index contributed by atoms with van der Waals surface area (Å²) in [6, 6.07) is 0. The molecule has 2 N–H and O–H groups in total. The summed E-state index contributed by atoms with van der Waals surface area (Å²) in [5.41, 5.74) is 0. The molecule has 0 spiro atoms. The first kappa shape index (κ1) is 17.8. The van der Waals surface area contributed by atoms with E-state index in [2.05, 4.69) is 0 Å². The molecule has 0 saturated heterocycles. The smallest absolute Gasteiger partial charge is 0.0795 e. The molecule has 6 nitrogen and oxygen atoms in total. The van der Waals surface area contributed by atoms with Gasteiger partial charge in [0.1, 0.15) is 0 Å². The van der Waals surface area contributed by atoms with E-state index in [1.807, 2.05) is 6.92 Å². The van der Waals surface area contributed by atoms with Crippen molar-refractivity contribution in [3.05, 3.63) is 0 Å². The molecule has 0 amide bonds.